The first kappa shape index (κ1) is 13.7. The zero-order valence-corrected chi connectivity index (χ0v) is 10.1. The van der Waals surface area contributed by atoms with Crippen molar-refractivity contribution in [3.05, 3.63) is 35.9 Å². The van der Waals surface area contributed by atoms with Gasteiger partial charge in [0.05, 0.1) is 0 Å². The highest BCUT2D eigenvalue weighted by molar-refractivity contribution is 5.71. The van der Waals surface area contributed by atoms with Gasteiger partial charge in [-0.15, -0.1) is 0 Å². The van der Waals surface area contributed by atoms with Gasteiger partial charge in [0.15, 0.2) is 0 Å². The molecule has 1 N–H and O–H groups in total. The van der Waals surface area contributed by atoms with Crippen LogP contribution in [0.15, 0.2) is 30.3 Å². The zero-order valence-electron chi connectivity index (χ0n) is 10.1. The molecule has 0 spiro atoms. The van der Waals surface area contributed by atoms with Crippen molar-refractivity contribution in [2.45, 2.75) is 26.4 Å². The van der Waals surface area contributed by atoms with Gasteiger partial charge < -0.3 is 5.11 Å². The molecule has 1 aromatic rings. The van der Waals surface area contributed by atoms with Crippen molar-refractivity contribution in [2.24, 2.45) is 0 Å². The molecule has 94 valence electrons. The first-order valence-electron chi connectivity index (χ1n) is 5.80. The smallest absolute Gasteiger partial charge is 0.243 e. The Bertz CT molecular complexity index is 327. The summed E-state index contributed by atoms with van der Waals surface area (Å²) in [4.78, 5) is 16.7. The van der Waals surface area contributed by atoms with E-state index >= 15 is 0 Å². The molecule has 0 radical (unpaired) electrons. The number of hydrogen-bond donors (Lipinski definition) is 1. The highest BCUT2D eigenvalue weighted by Crippen LogP contribution is 2.04. The summed E-state index contributed by atoms with van der Waals surface area (Å²) in [5.74, 6) is -0.112. The van der Waals surface area contributed by atoms with Crippen molar-refractivity contribution in [1.82, 2.24) is 5.06 Å². The number of carbonyl (C=O) groups is 1. The molecule has 0 aliphatic carbocycles. The molecule has 0 unspecified atom stereocenters. The number of hydrogen-bond acceptors (Lipinski definition) is 3. The maximum atomic E-state index is 11.3. The van der Waals surface area contributed by atoms with Crippen LogP contribution in [0.25, 0.3) is 0 Å². The summed E-state index contributed by atoms with van der Waals surface area (Å²) < 4.78 is 0. The van der Waals surface area contributed by atoms with E-state index in [0.717, 1.165) is 12.0 Å². The maximum Gasteiger partial charge on any atom is 0.243 e. The molecule has 17 heavy (non-hydrogen) atoms. The van der Waals surface area contributed by atoms with E-state index in [1.165, 1.54) is 12.0 Å². The fourth-order valence-electron chi connectivity index (χ4n) is 1.41. The molecule has 0 heterocycles. The van der Waals surface area contributed by atoms with Crippen molar-refractivity contribution in [3.63, 3.8) is 0 Å². The van der Waals surface area contributed by atoms with Gasteiger partial charge in [-0.25, -0.2) is 5.06 Å². The van der Waals surface area contributed by atoms with Crippen LogP contribution in [0.3, 0.4) is 0 Å². The van der Waals surface area contributed by atoms with Gasteiger partial charge in [-0.05, 0) is 18.4 Å². The van der Waals surface area contributed by atoms with Crippen LogP contribution >= 0.6 is 0 Å². The second-order valence-electron chi connectivity index (χ2n) is 3.81. The van der Waals surface area contributed by atoms with E-state index in [1.807, 2.05) is 30.3 Å². The number of carbonyl (C=O) groups excluding carboxylic acids is 1. The number of aliphatic hydroxyl groups excluding tert-OH is 1. The van der Waals surface area contributed by atoms with Gasteiger partial charge in [0.25, 0.3) is 0 Å². The molecular weight excluding hydrogens is 218 g/mol. The molecule has 0 bridgehead atoms. The number of hydroxylamine groups is 2. The number of amides is 1. The summed E-state index contributed by atoms with van der Waals surface area (Å²) in [5.41, 5.74) is 1.03. The summed E-state index contributed by atoms with van der Waals surface area (Å²) in [6.07, 6.45) is 1.42. The Morgan fingerprint density at radius 3 is 2.59 bits per heavy atom. The Morgan fingerprint density at radius 1 is 1.29 bits per heavy atom. The first-order chi connectivity index (χ1) is 8.24. The molecule has 0 saturated heterocycles. The normalized spacial score (nSPS) is 10.2. The Labute approximate surface area is 102 Å². The molecular formula is C13H19NO3. The van der Waals surface area contributed by atoms with Gasteiger partial charge in [0, 0.05) is 20.1 Å². The molecule has 1 rings (SSSR count). The SMILES string of the molecule is CC(=O)N(CCCCO)OCc1ccccc1. The molecule has 0 aromatic heterocycles. The van der Waals surface area contributed by atoms with E-state index in [-0.39, 0.29) is 12.5 Å². The average Bonchev–Trinajstić information content (AvgIpc) is 2.34. The van der Waals surface area contributed by atoms with E-state index in [1.54, 1.807) is 0 Å². The molecule has 0 saturated carbocycles. The Kier molecular flexibility index (Phi) is 6.29. The van der Waals surface area contributed by atoms with E-state index in [9.17, 15) is 4.79 Å². The van der Waals surface area contributed by atoms with E-state index in [0.29, 0.717) is 19.6 Å². The van der Waals surface area contributed by atoms with Crippen molar-refractivity contribution < 1.29 is 14.7 Å². The number of aliphatic hydroxyl groups is 1. The third kappa shape index (κ3) is 5.47. The van der Waals surface area contributed by atoms with Gasteiger partial charge in [-0.2, -0.15) is 0 Å². The number of unbranched alkanes of at least 4 members (excludes halogenated alkanes) is 1. The molecule has 4 nitrogen and oxygen atoms in total. The van der Waals surface area contributed by atoms with Gasteiger partial charge in [-0.1, -0.05) is 30.3 Å². The highest BCUT2D eigenvalue weighted by atomic mass is 16.7. The highest BCUT2D eigenvalue weighted by Gasteiger charge is 2.08. The van der Waals surface area contributed by atoms with Crippen LogP contribution in [0.2, 0.25) is 0 Å². The lowest BCUT2D eigenvalue weighted by Crippen LogP contribution is -2.30. The third-order valence-corrected chi connectivity index (χ3v) is 2.35. The average molecular weight is 237 g/mol. The molecule has 4 heteroatoms. The number of benzene rings is 1. The van der Waals surface area contributed by atoms with E-state index in [4.69, 9.17) is 9.94 Å². The summed E-state index contributed by atoms with van der Waals surface area (Å²) in [5, 5.41) is 10.0. The molecule has 0 aliphatic rings. The second-order valence-corrected chi connectivity index (χ2v) is 3.81. The van der Waals surface area contributed by atoms with Crippen LogP contribution in [-0.4, -0.2) is 29.2 Å². The lowest BCUT2D eigenvalue weighted by molar-refractivity contribution is -0.189. The Morgan fingerprint density at radius 2 is 2.00 bits per heavy atom. The van der Waals surface area contributed by atoms with Gasteiger partial charge in [-0.3, -0.25) is 9.63 Å². The predicted octanol–water partition coefficient (Wildman–Crippen LogP) is 1.74. The summed E-state index contributed by atoms with van der Waals surface area (Å²) in [7, 11) is 0. The zero-order chi connectivity index (χ0) is 12.5. The summed E-state index contributed by atoms with van der Waals surface area (Å²) >= 11 is 0. The minimum absolute atomic E-state index is 0.112. The minimum atomic E-state index is -0.112. The van der Waals surface area contributed by atoms with Crippen molar-refractivity contribution in [2.75, 3.05) is 13.2 Å². The molecule has 1 aromatic carbocycles. The van der Waals surface area contributed by atoms with E-state index < -0.39 is 0 Å². The topological polar surface area (TPSA) is 49.8 Å². The van der Waals surface area contributed by atoms with Crippen LogP contribution in [0.5, 0.6) is 0 Å². The molecule has 0 atom stereocenters. The third-order valence-electron chi connectivity index (χ3n) is 2.35. The molecule has 1 amide bonds. The van der Waals surface area contributed by atoms with Crippen molar-refractivity contribution in [3.8, 4) is 0 Å². The monoisotopic (exact) mass is 237 g/mol. The standard InChI is InChI=1S/C13H19NO3/c1-12(16)14(9-5-6-10-15)17-11-13-7-3-2-4-8-13/h2-4,7-8,15H,5-6,9-11H2,1H3. The van der Waals surface area contributed by atoms with Crippen LogP contribution < -0.4 is 0 Å². The number of nitrogens with zero attached hydrogens (tertiary/aromatic N) is 1. The maximum absolute atomic E-state index is 11.3. The van der Waals surface area contributed by atoms with E-state index in [2.05, 4.69) is 0 Å². The van der Waals surface area contributed by atoms with Gasteiger partial charge in [0.1, 0.15) is 6.61 Å². The quantitative estimate of drug-likeness (QED) is 0.580. The predicted molar refractivity (Wildman–Crippen MR) is 64.9 cm³/mol. The van der Waals surface area contributed by atoms with Gasteiger partial charge >= 0.3 is 0 Å². The van der Waals surface area contributed by atoms with Crippen LogP contribution in [0.4, 0.5) is 0 Å². The Balaban J connectivity index is 2.36. The summed E-state index contributed by atoms with van der Waals surface area (Å²) in [6, 6.07) is 9.71. The second kappa shape index (κ2) is 7.81. The van der Waals surface area contributed by atoms with Crippen LogP contribution in [0, 0.1) is 0 Å². The number of rotatable bonds is 7. The minimum Gasteiger partial charge on any atom is -0.396 e. The first-order valence-corrected chi connectivity index (χ1v) is 5.80. The van der Waals surface area contributed by atoms with Crippen LogP contribution in [0.1, 0.15) is 25.3 Å². The van der Waals surface area contributed by atoms with Crippen molar-refractivity contribution in [1.29, 1.82) is 0 Å². The fourth-order valence-corrected chi connectivity index (χ4v) is 1.41. The Hall–Kier alpha value is -1.39. The molecule has 0 aliphatic heterocycles. The van der Waals surface area contributed by atoms with Crippen molar-refractivity contribution >= 4 is 5.91 Å². The fraction of sp³-hybridized carbons (Fsp3) is 0.462. The lowest BCUT2D eigenvalue weighted by Gasteiger charge is -2.20. The van der Waals surface area contributed by atoms with Gasteiger partial charge in [0.2, 0.25) is 5.91 Å². The largest absolute Gasteiger partial charge is 0.396 e. The molecule has 0 fully saturated rings. The summed E-state index contributed by atoms with van der Waals surface area (Å²) in [6.45, 7) is 2.52. The lowest BCUT2D eigenvalue weighted by atomic mass is 10.2. The van der Waals surface area contributed by atoms with Crippen LogP contribution in [-0.2, 0) is 16.2 Å².